The molecule has 2 N–H and O–H groups in total. The molecule has 1 aromatic carbocycles. The molecule has 142 valence electrons. The van der Waals surface area contributed by atoms with Gasteiger partial charge < -0.3 is 19.7 Å². The summed E-state index contributed by atoms with van der Waals surface area (Å²) < 4.78 is 11.8. The van der Waals surface area contributed by atoms with Crippen LogP contribution in [0.15, 0.2) is 34.9 Å². The Morgan fingerprint density at radius 1 is 1.33 bits per heavy atom. The standard InChI is InChI=1S/C18H21N5O4/c1-12-5-3-4-6-14(12)15-9-16(23(21-15)7-8-24)20-17(25)10-26-11-18-19-13(2)22-27-18/h3-6,9,24H,7-8,10-11H2,1-2H3,(H,20,25). The molecule has 0 fully saturated rings. The third-order valence-corrected chi connectivity index (χ3v) is 3.81. The van der Waals surface area contributed by atoms with Gasteiger partial charge in [-0.15, -0.1) is 0 Å². The van der Waals surface area contributed by atoms with E-state index in [1.807, 2.05) is 31.2 Å². The highest BCUT2D eigenvalue weighted by molar-refractivity contribution is 5.91. The summed E-state index contributed by atoms with van der Waals surface area (Å²) in [6.45, 7) is 3.75. The van der Waals surface area contributed by atoms with E-state index in [4.69, 9.17) is 9.26 Å². The van der Waals surface area contributed by atoms with Crippen molar-refractivity contribution in [3.8, 4) is 11.3 Å². The van der Waals surface area contributed by atoms with Crippen LogP contribution in [0.25, 0.3) is 11.3 Å². The molecule has 27 heavy (non-hydrogen) atoms. The third-order valence-electron chi connectivity index (χ3n) is 3.81. The minimum absolute atomic E-state index is 0.0542. The zero-order valence-corrected chi connectivity index (χ0v) is 15.2. The first-order valence-corrected chi connectivity index (χ1v) is 8.48. The molecule has 9 heteroatoms. The van der Waals surface area contributed by atoms with Gasteiger partial charge in [-0.1, -0.05) is 29.4 Å². The van der Waals surface area contributed by atoms with Crippen molar-refractivity contribution in [3.05, 3.63) is 47.6 Å². The summed E-state index contributed by atoms with van der Waals surface area (Å²) in [6, 6.07) is 9.61. The zero-order chi connectivity index (χ0) is 19.2. The molecule has 0 radical (unpaired) electrons. The molecule has 0 aliphatic heterocycles. The number of aliphatic hydroxyl groups is 1. The van der Waals surface area contributed by atoms with E-state index in [1.54, 1.807) is 17.7 Å². The van der Waals surface area contributed by atoms with E-state index in [9.17, 15) is 9.90 Å². The summed E-state index contributed by atoms with van der Waals surface area (Å²) in [5.41, 5.74) is 2.76. The van der Waals surface area contributed by atoms with Crippen molar-refractivity contribution >= 4 is 11.7 Å². The summed E-state index contributed by atoms with van der Waals surface area (Å²) >= 11 is 0. The van der Waals surface area contributed by atoms with Crippen LogP contribution in [-0.2, 0) is 22.7 Å². The zero-order valence-electron chi connectivity index (χ0n) is 15.2. The number of anilines is 1. The molecule has 0 saturated heterocycles. The number of ether oxygens (including phenoxy) is 1. The van der Waals surface area contributed by atoms with Crippen LogP contribution in [-0.4, -0.2) is 44.1 Å². The van der Waals surface area contributed by atoms with E-state index in [0.717, 1.165) is 16.8 Å². The van der Waals surface area contributed by atoms with Crippen LogP contribution in [0.3, 0.4) is 0 Å². The molecule has 0 aliphatic rings. The third kappa shape index (κ3) is 4.78. The molecule has 1 amide bonds. The Hall–Kier alpha value is -3.04. The highest BCUT2D eigenvalue weighted by Crippen LogP contribution is 2.24. The lowest BCUT2D eigenvalue weighted by atomic mass is 10.1. The topological polar surface area (TPSA) is 115 Å². The average Bonchev–Trinajstić information content (AvgIpc) is 3.22. The second-order valence-electron chi connectivity index (χ2n) is 5.95. The number of carbonyl (C=O) groups is 1. The van der Waals surface area contributed by atoms with Crippen LogP contribution in [0, 0.1) is 13.8 Å². The molecular weight excluding hydrogens is 350 g/mol. The molecule has 0 unspecified atom stereocenters. The van der Waals surface area contributed by atoms with Gasteiger partial charge in [0.2, 0.25) is 0 Å². The SMILES string of the molecule is Cc1noc(COCC(=O)Nc2cc(-c3ccccc3C)nn2CCO)n1. The second-order valence-corrected chi connectivity index (χ2v) is 5.95. The summed E-state index contributed by atoms with van der Waals surface area (Å²) in [5, 5.41) is 20.1. The first kappa shape index (κ1) is 18.7. The number of amides is 1. The molecule has 0 bridgehead atoms. The van der Waals surface area contributed by atoms with Crippen molar-refractivity contribution in [1.29, 1.82) is 0 Å². The fourth-order valence-electron chi connectivity index (χ4n) is 2.58. The van der Waals surface area contributed by atoms with Crippen molar-refractivity contribution in [1.82, 2.24) is 19.9 Å². The van der Waals surface area contributed by atoms with Gasteiger partial charge in [-0.25, -0.2) is 4.68 Å². The van der Waals surface area contributed by atoms with Crippen molar-refractivity contribution < 1.29 is 19.2 Å². The fraction of sp³-hybridized carbons (Fsp3) is 0.333. The molecule has 0 saturated carbocycles. The maximum absolute atomic E-state index is 12.2. The normalized spacial score (nSPS) is 10.9. The van der Waals surface area contributed by atoms with E-state index < -0.39 is 0 Å². The molecule has 2 heterocycles. The molecule has 9 nitrogen and oxygen atoms in total. The van der Waals surface area contributed by atoms with E-state index in [1.165, 1.54) is 0 Å². The van der Waals surface area contributed by atoms with Crippen LogP contribution in [0.2, 0.25) is 0 Å². The van der Waals surface area contributed by atoms with Crippen LogP contribution >= 0.6 is 0 Å². The number of carbonyl (C=O) groups excluding carboxylic acids is 1. The number of aromatic nitrogens is 4. The summed E-state index contributed by atoms with van der Waals surface area (Å²) in [5.74, 6) is 0.966. The minimum Gasteiger partial charge on any atom is -0.394 e. The second kappa shape index (κ2) is 8.56. The molecule has 0 aliphatic carbocycles. The number of benzene rings is 1. The smallest absolute Gasteiger partial charge is 0.252 e. The highest BCUT2D eigenvalue weighted by Gasteiger charge is 2.14. The van der Waals surface area contributed by atoms with Crippen molar-refractivity contribution in [2.24, 2.45) is 0 Å². The van der Waals surface area contributed by atoms with Crippen LogP contribution in [0.4, 0.5) is 5.82 Å². The monoisotopic (exact) mass is 371 g/mol. The van der Waals surface area contributed by atoms with Crippen molar-refractivity contribution in [3.63, 3.8) is 0 Å². The molecule has 3 rings (SSSR count). The maximum Gasteiger partial charge on any atom is 0.252 e. The number of hydrogen-bond acceptors (Lipinski definition) is 7. The van der Waals surface area contributed by atoms with Gasteiger partial charge in [0.1, 0.15) is 19.0 Å². The molecule has 2 aromatic heterocycles. The number of nitrogens with one attached hydrogen (secondary N) is 1. The minimum atomic E-state index is -0.346. The summed E-state index contributed by atoms with van der Waals surface area (Å²) in [4.78, 5) is 16.2. The van der Waals surface area contributed by atoms with E-state index in [0.29, 0.717) is 17.5 Å². The molecule has 0 spiro atoms. The lowest BCUT2D eigenvalue weighted by molar-refractivity contribution is -0.121. The number of hydrogen-bond donors (Lipinski definition) is 2. The number of aliphatic hydroxyl groups excluding tert-OH is 1. The van der Waals surface area contributed by atoms with Gasteiger partial charge >= 0.3 is 0 Å². The van der Waals surface area contributed by atoms with Crippen molar-refractivity contribution in [2.75, 3.05) is 18.5 Å². The molecular formula is C18H21N5O4. The largest absolute Gasteiger partial charge is 0.394 e. The van der Waals surface area contributed by atoms with E-state index >= 15 is 0 Å². The predicted molar refractivity (Wildman–Crippen MR) is 96.8 cm³/mol. The molecule has 3 aromatic rings. The Balaban J connectivity index is 1.66. The average molecular weight is 371 g/mol. The quantitative estimate of drug-likeness (QED) is 0.619. The first-order chi connectivity index (χ1) is 13.1. The van der Waals surface area contributed by atoms with Gasteiger partial charge in [0.15, 0.2) is 5.82 Å². The van der Waals surface area contributed by atoms with E-state index in [2.05, 4.69) is 20.6 Å². The lowest BCUT2D eigenvalue weighted by Crippen LogP contribution is -2.21. The summed E-state index contributed by atoms with van der Waals surface area (Å²) in [6.07, 6.45) is 0. The Bertz CT molecular complexity index is 918. The first-order valence-electron chi connectivity index (χ1n) is 8.48. The van der Waals surface area contributed by atoms with Crippen LogP contribution < -0.4 is 5.32 Å². The van der Waals surface area contributed by atoms with Gasteiger partial charge in [0.25, 0.3) is 11.8 Å². The van der Waals surface area contributed by atoms with E-state index in [-0.39, 0.29) is 32.3 Å². The lowest BCUT2D eigenvalue weighted by Gasteiger charge is -2.07. The van der Waals surface area contributed by atoms with Crippen LogP contribution in [0.1, 0.15) is 17.3 Å². The van der Waals surface area contributed by atoms with Gasteiger partial charge in [-0.05, 0) is 19.4 Å². The summed E-state index contributed by atoms with van der Waals surface area (Å²) in [7, 11) is 0. The Labute approximate surface area is 156 Å². The van der Waals surface area contributed by atoms with Gasteiger partial charge in [-0.3, -0.25) is 4.79 Å². The number of rotatable bonds is 8. The molecule has 0 atom stereocenters. The Kier molecular flexibility index (Phi) is 5.94. The van der Waals surface area contributed by atoms with Crippen LogP contribution in [0.5, 0.6) is 0 Å². The van der Waals surface area contributed by atoms with Crippen molar-refractivity contribution in [2.45, 2.75) is 27.0 Å². The maximum atomic E-state index is 12.2. The Morgan fingerprint density at radius 3 is 2.85 bits per heavy atom. The number of aryl methyl sites for hydroxylation is 2. The highest BCUT2D eigenvalue weighted by atomic mass is 16.5. The predicted octanol–water partition coefficient (Wildman–Crippen LogP) is 1.70. The Morgan fingerprint density at radius 2 is 2.15 bits per heavy atom. The van der Waals surface area contributed by atoms with Gasteiger partial charge in [-0.2, -0.15) is 10.1 Å². The number of nitrogens with zero attached hydrogens (tertiary/aromatic N) is 4. The van der Waals surface area contributed by atoms with Gasteiger partial charge in [0.05, 0.1) is 18.8 Å². The fourth-order valence-corrected chi connectivity index (χ4v) is 2.58. The van der Waals surface area contributed by atoms with Gasteiger partial charge in [0, 0.05) is 11.6 Å².